The first-order valence-electron chi connectivity index (χ1n) is 9.71. The summed E-state index contributed by atoms with van der Waals surface area (Å²) in [5, 5.41) is 9.15. The third kappa shape index (κ3) is 3.03. The second-order valence-corrected chi connectivity index (χ2v) is 7.83. The molecule has 0 unspecified atom stereocenters. The normalized spacial score (nSPS) is 39.8. The molecular weight excluding hydrogens is 322 g/mol. The monoisotopic (exact) mass is 353 g/mol. The minimum atomic E-state index is -0.258. The van der Waals surface area contributed by atoms with E-state index in [2.05, 4.69) is 6.92 Å². The van der Waals surface area contributed by atoms with E-state index in [0.29, 0.717) is 18.4 Å². The van der Waals surface area contributed by atoms with Crippen molar-refractivity contribution in [2.45, 2.75) is 58.1 Å². The van der Waals surface area contributed by atoms with Gasteiger partial charge in [0.25, 0.3) is 0 Å². The molecule has 0 spiro atoms. The summed E-state index contributed by atoms with van der Waals surface area (Å²) in [4.78, 5) is 26.5. The molecule has 3 rings (SSSR count). The third-order valence-corrected chi connectivity index (χ3v) is 6.81. The highest BCUT2D eigenvalue weighted by atomic mass is 16.6. The molecule has 6 nitrogen and oxygen atoms in total. The fourth-order valence-corrected chi connectivity index (χ4v) is 5.80. The van der Waals surface area contributed by atoms with Crippen molar-refractivity contribution >= 4 is 12.1 Å². The van der Waals surface area contributed by atoms with Gasteiger partial charge in [-0.05, 0) is 37.5 Å². The van der Waals surface area contributed by atoms with Crippen LogP contribution in [-0.2, 0) is 14.3 Å². The number of unbranched alkanes of at least 4 members (excludes halogenated alkanes) is 1. The molecule has 0 aromatic rings. The Hall–Kier alpha value is -1.30. The van der Waals surface area contributed by atoms with Crippen molar-refractivity contribution in [2.75, 3.05) is 20.3 Å². The number of aliphatic hydroxyl groups is 1. The van der Waals surface area contributed by atoms with Gasteiger partial charge in [-0.15, -0.1) is 0 Å². The molecule has 7 atom stereocenters. The van der Waals surface area contributed by atoms with Crippen molar-refractivity contribution in [3.63, 3.8) is 0 Å². The molecule has 0 radical (unpaired) electrons. The van der Waals surface area contributed by atoms with E-state index in [9.17, 15) is 9.59 Å². The van der Waals surface area contributed by atoms with Gasteiger partial charge in [0.2, 0.25) is 0 Å². The Morgan fingerprint density at radius 1 is 1.36 bits per heavy atom. The zero-order valence-electron chi connectivity index (χ0n) is 15.5. The van der Waals surface area contributed by atoms with Gasteiger partial charge in [0.05, 0.1) is 13.0 Å². The standard InChI is InChI=1S/C19H31NO5/c1-4-12-13(7-5-6-10-21)16-14(8-9-20(16)19(23)24-3)15-11(2)18(22)25-17(12)15/h11-17,21H,4-10H2,1-3H3/t11-,12+,13+,14+,15+,16+,17-/m0/s1. The molecule has 25 heavy (non-hydrogen) atoms. The van der Waals surface area contributed by atoms with Crippen LogP contribution in [0.3, 0.4) is 0 Å². The molecule has 0 aromatic carbocycles. The van der Waals surface area contributed by atoms with Crippen molar-refractivity contribution in [1.29, 1.82) is 0 Å². The molecular formula is C19H31NO5. The van der Waals surface area contributed by atoms with E-state index in [1.165, 1.54) is 7.11 Å². The first-order chi connectivity index (χ1) is 12.0. The van der Waals surface area contributed by atoms with Crippen molar-refractivity contribution < 1.29 is 24.2 Å². The summed E-state index contributed by atoms with van der Waals surface area (Å²) in [7, 11) is 1.43. The van der Waals surface area contributed by atoms with Crippen molar-refractivity contribution in [1.82, 2.24) is 4.90 Å². The highest BCUT2D eigenvalue weighted by Gasteiger charge is 2.61. The minimum Gasteiger partial charge on any atom is -0.462 e. The predicted octanol–water partition coefficient (Wildman–Crippen LogP) is 2.44. The van der Waals surface area contributed by atoms with Crippen LogP contribution in [0, 0.1) is 29.6 Å². The Balaban J connectivity index is 1.92. The van der Waals surface area contributed by atoms with Crippen LogP contribution in [0.4, 0.5) is 4.79 Å². The van der Waals surface area contributed by atoms with E-state index >= 15 is 0 Å². The van der Waals surface area contributed by atoms with E-state index in [1.54, 1.807) is 0 Å². The smallest absolute Gasteiger partial charge is 0.409 e. The number of esters is 1. The molecule has 0 bridgehead atoms. The predicted molar refractivity (Wildman–Crippen MR) is 91.7 cm³/mol. The van der Waals surface area contributed by atoms with Gasteiger partial charge >= 0.3 is 12.1 Å². The minimum absolute atomic E-state index is 0.0227. The molecule has 2 heterocycles. The molecule has 1 N–H and O–H groups in total. The second-order valence-electron chi connectivity index (χ2n) is 7.83. The lowest BCUT2D eigenvalue weighted by Crippen LogP contribution is -2.55. The molecule has 2 saturated heterocycles. The maximum absolute atomic E-state index is 12.3. The Labute approximate surface area is 149 Å². The summed E-state index contributed by atoms with van der Waals surface area (Å²) in [6, 6.07) is 0.120. The van der Waals surface area contributed by atoms with E-state index in [-0.39, 0.29) is 48.6 Å². The van der Waals surface area contributed by atoms with Crippen LogP contribution in [0.5, 0.6) is 0 Å². The number of carbonyl (C=O) groups excluding carboxylic acids is 2. The number of nitrogens with zero attached hydrogens (tertiary/aromatic N) is 1. The fraction of sp³-hybridized carbons (Fsp3) is 0.895. The van der Waals surface area contributed by atoms with Gasteiger partial charge in [0.1, 0.15) is 6.10 Å². The fourth-order valence-electron chi connectivity index (χ4n) is 5.80. The number of hydrogen-bond donors (Lipinski definition) is 1. The maximum Gasteiger partial charge on any atom is 0.409 e. The molecule has 3 fully saturated rings. The van der Waals surface area contributed by atoms with Gasteiger partial charge < -0.3 is 19.5 Å². The van der Waals surface area contributed by atoms with Gasteiger partial charge in [-0.2, -0.15) is 0 Å². The third-order valence-electron chi connectivity index (χ3n) is 6.81. The molecule has 0 aromatic heterocycles. The topological polar surface area (TPSA) is 76.1 Å². The molecule has 1 amide bonds. The Bertz CT molecular complexity index is 510. The summed E-state index contributed by atoms with van der Waals surface area (Å²) in [6.07, 6.45) is 4.21. The summed E-state index contributed by atoms with van der Waals surface area (Å²) in [6.45, 7) is 5.01. The first kappa shape index (κ1) is 18.5. The number of likely N-dealkylation sites (tertiary alicyclic amines) is 1. The Morgan fingerprint density at radius 2 is 2.12 bits per heavy atom. The Morgan fingerprint density at radius 3 is 2.76 bits per heavy atom. The number of methoxy groups -OCH3 is 1. The Kier molecular flexibility index (Phi) is 5.56. The highest BCUT2D eigenvalue weighted by Crippen LogP contribution is 2.54. The molecule has 1 saturated carbocycles. The molecule has 3 aliphatic rings. The van der Waals surface area contributed by atoms with Crippen LogP contribution in [0.15, 0.2) is 0 Å². The van der Waals surface area contributed by atoms with Crippen molar-refractivity contribution in [2.24, 2.45) is 29.6 Å². The SMILES string of the molecule is CC[C@@H]1[C@@H](CCCCO)[C@@H]2[C@H](CCN2C(=O)OC)[C@@H]2[C@H]1OC(=O)[C@H]2C. The van der Waals surface area contributed by atoms with Crippen LogP contribution < -0.4 is 0 Å². The maximum atomic E-state index is 12.3. The first-order valence-corrected chi connectivity index (χ1v) is 9.71. The molecule has 1 aliphatic carbocycles. The quantitative estimate of drug-likeness (QED) is 0.607. The van der Waals surface area contributed by atoms with Crippen LogP contribution in [0.2, 0.25) is 0 Å². The van der Waals surface area contributed by atoms with E-state index in [0.717, 1.165) is 32.1 Å². The summed E-state index contributed by atoms with van der Waals surface area (Å²) >= 11 is 0. The molecule has 6 heteroatoms. The van der Waals surface area contributed by atoms with Crippen LogP contribution >= 0.6 is 0 Å². The van der Waals surface area contributed by atoms with Gasteiger partial charge in [0, 0.05) is 31.0 Å². The second kappa shape index (κ2) is 7.52. The lowest BCUT2D eigenvalue weighted by Gasteiger charge is -2.48. The van der Waals surface area contributed by atoms with Crippen molar-refractivity contribution in [3.8, 4) is 0 Å². The lowest BCUT2D eigenvalue weighted by atomic mass is 9.60. The van der Waals surface area contributed by atoms with Crippen LogP contribution in [-0.4, -0.2) is 54.5 Å². The average molecular weight is 353 g/mol. The average Bonchev–Trinajstić information content (AvgIpc) is 3.16. The largest absolute Gasteiger partial charge is 0.462 e. The van der Waals surface area contributed by atoms with Gasteiger partial charge in [-0.25, -0.2) is 4.79 Å². The number of aliphatic hydroxyl groups excluding tert-OH is 1. The van der Waals surface area contributed by atoms with E-state index in [1.807, 2.05) is 11.8 Å². The van der Waals surface area contributed by atoms with E-state index in [4.69, 9.17) is 14.6 Å². The molecule has 142 valence electrons. The zero-order valence-corrected chi connectivity index (χ0v) is 15.5. The van der Waals surface area contributed by atoms with Gasteiger partial charge in [-0.3, -0.25) is 4.79 Å². The number of ether oxygens (including phenoxy) is 2. The number of hydrogen-bond acceptors (Lipinski definition) is 5. The summed E-state index contributed by atoms with van der Waals surface area (Å²) in [5.41, 5.74) is 0. The zero-order chi connectivity index (χ0) is 18.1. The number of amides is 1. The summed E-state index contributed by atoms with van der Waals surface area (Å²) in [5.74, 6) is 0.882. The van der Waals surface area contributed by atoms with Crippen LogP contribution in [0.1, 0.15) is 46.0 Å². The molecule has 2 aliphatic heterocycles. The number of carbonyl (C=O) groups is 2. The van der Waals surface area contributed by atoms with E-state index < -0.39 is 0 Å². The summed E-state index contributed by atoms with van der Waals surface area (Å²) < 4.78 is 10.9. The number of fused-ring (bicyclic) bond motifs is 3. The number of rotatable bonds is 5. The van der Waals surface area contributed by atoms with Crippen molar-refractivity contribution in [3.05, 3.63) is 0 Å². The van der Waals surface area contributed by atoms with Crippen LogP contribution in [0.25, 0.3) is 0 Å². The van der Waals surface area contributed by atoms with Gasteiger partial charge in [0.15, 0.2) is 0 Å². The highest BCUT2D eigenvalue weighted by molar-refractivity contribution is 5.75. The van der Waals surface area contributed by atoms with Gasteiger partial charge in [-0.1, -0.05) is 20.3 Å². The lowest BCUT2D eigenvalue weighted by molar-refractivity contribution is -0.148.